The molecule has 1 aliphatic rings. The first-order valence-electron chi connectivity index (χ1n) is 9.34. The average Bonchev–Trinajstić information content (AvgIpc) is 3.04. The molecule has 1 saturated heterocycles. The van der Waals surface area contributed by atoms with Gasteiger partial charge >= 0.3 is 6.09 Å². The Labute approximate surface area is 159 Å². The number of likely N-dealkylation sites (tertiary alicyclic amines) is 1. The topological polar surface area (TPSA) is 76.5 Å². The number of aromatic nitrogens is 2. The number of para-hydroxylation sites is 1. The van der Waals surface area contributed by atoms with Gasteiger partial charge in [-0.1, -0.05) is 18.2 Å². The highest BCUT2D eigenvalue weighted by Gasteiger charge is 2.26. The fraction of sp³-hybridized carbons (Fsp3) is 0.450. The van der Waals surface area contributed by atoms with Crippen molar-refractivity contribution in [2.75, 3.05) is 19.7 Å². The quantitative estimate of drug-likeness (QED) is 0.898. The van der Waals surface area contributed by atoms with Crippen LogP contribution >= 0.6 is 0 Å². The first-order valence-corrected chi connectivity index (χ1v) is 9.34. The molecular formula is C20H26N4O3. The fourth-order valence-electron chi connectivity index (χ4n) is 3.36. The minimum atomic E-state index is -0.280. The van der Waals surface area contributed by atoms with Gasteiger partial charge in [0.05, 0.1) is 29.7 Å². The zero-order valence-corrected chi connectivity index (χ0v) is 16.1. The van der Waals surface area contributed by atoms with Gasteiger partial charge in [-0.3, -0.25) is 4.79 Å². The molecule has 0 atom stereocenters. The van der Waals surface area contributed by atoms with Crippen LogP contribution in [-0.2, 0) is 4.74 Å². The van der Waals surface area contributed by atoms with Crippen molar-refractivity contribution in [3.63, 3.8) is 0 Å². The van der Waals surface area contributed by atoms with Gasteiger partial charge in [-0.25, -0.2) is 9.48 Å². The molecule has 0 bridgehead atoms. The Morgan fingerprint density at radius 3 is 2.59 bits per heavy atom. The predicted octanol–water partition coefficient (Wildman–Crippen LogP) is 2.84. The number of benzene rings is 1. The number of piperidine rings is 1. The second kappa shape index (κ2) is 8.24. The van der Waals surface area contributed by atoms with Crippen molar-refractivity contribution >= 4 is 12.0 Å². The second-order valence-electron chi connectivity index (χ2n) is 6.78. The molecule has 7 nitrogen and oxygen atoms in total. The molecule has 1 aromatic carbocycles. The van der Waals surface area contributed by atoms with E-state index in [1.807, 2.05) is 38.1 Å². The Morgan fingerprint density at radius 2 is 1.93 bits per heavy atom. The van der Waals surface area contributed by atoms with Gasteiger partial charge in [-0.05, 0) is 45.2 Å². The highest BCUT2D eigenvalue weighted by molar-refractivity contribution is 5.95. The van der Waals surface area contributed by atoms with Crippen LogP contribution in [0.25, 0.3) is 5.69 Å². The number of rotatable bonds is 4. The van der Waals surface area contributed by atoms with E-state index >= 15 is 0 Å². The van der Waals surface area contributed by atoms with Gasteiger partial charge < -0.3 is 15.0 Å². The van der Waals surface area contributed by atoms with E-state index in [9.17, 15) is 9.59 Å². The summed E-state index contributed by atoms with van der Waals surface area (Å²) in [6.45, 7) is 7.27. The van der Waals surface area contributed by atoms with Crippen molar-refractivity contribution in [1.82, 2.24) is 20.0 Å². The second-order valence-corrected chi connectivity index (χ2v) is 6.78. The maximum absolute atomic E-state index is 12.7. The van der Waals surface area contributed by atoms with Crippen LogP contribution in [0.15, 0.2) is 30.5 Å². The van der Waals surface area contributed by atoms with E-state index in [2.05, 4.69) is 10.4 Å². The lowest BCUT2D eigenvalue weighted by atomic mass is 10.0. The first-order chi connectivity index (χ1) is 13.0. The number of nitrogens with zero attached hydrogens (tertiary/aromatic N) is 3. The molecule has 2 heterocycles. The zero-order valence-electron chi connectivity index (χ0n) is 16.1. The van der Waals surface area contributed by atoms with Crippen molar-refractivity contribution in [2.24, 2.45) is 0 Å². The number of hydrogen-bond acceptors (Lipinski definition) is 4. The molecule has 0 radical (unpaired) electrons. The molecule has 1 N–H and O–H groups in total. The number of nitrogens with one attached hydrogen (secondary N) is 1. The molecule has 0 unspecified atom stereocenters. The molecule has 0 spiro atoms. The van der Waals surface area contributed by atoms with Crippen LogP contribution < -0.4 is 5.32 Å². The fourth-order valence-corrected chi connectivity index (χ4v) is 3.36. The molecule has 1 fully saturated rings. The lowest BCUT2D eigenvalue weighted by molar-refractivity contribution is 0.0859. The number of amides is 2. The number of aryl methyl sites for hydroxylation is 1. The summed E-state index contributed by atoms with van der Waals surface area (Å²) in [5.74, 6) is -0.123. The van der Waals surface area contributed by atoms with E-state index in [0.717, 1.165) is 29.8 Å². The van der Waals surface area contributed by atoms with Crippen LogP contribution in [-0.4, -0.2) is 52.4 Å². The Balaban J connectivity index is 1.63. The number of carbonyl (C=O) groups excluding carboxylic acids is 2. The summed E-state index contributed by atoms with van der Waals surface area (Å²) < 4.78 is 6.82. The molecule has 27 heavy (non-hydrogen) atoms. The zero-order chi connectivity index (χ0) is 19.4. The van der Waals surface area contributed by atoms with Gasteiger partial charge in [0.15, 0.2) is 0 Å². The van der Waals surface area contributed by atoms with Gasteiger partial charge in [-0.15, -0.1) is 0 Å². The number of carbonyl (C=O) groups is 2. The van der Waals surface area contributed by atoms with Crippen molar-refractivity contribution in [3.05, 3.63) is 47.3 Å². The molecule has 2 amide bonds. The van der Waals surface area contributed by atoms with Crippen molar-refractivity contribution in [3.8, 4) is 5.69 Å². The van der Waals surface area contributed by atoms with Gasteiger partial charge in [0, 0.05) is 19.1 Å². The Bertz CT molecular complexity index is 822. The third kappa shape index (κ3) is 4.13. The summed E-state index contributed by atoms with van der Waals surface area (Å²) in [6, 6.07) is 7.99. The third-order valence-corrected chi connectivity index (χ3v) is 4.95. The molecule has 0 aliphatic carbocycles. The van der Waals surface area contributed by atoms with Crippen LogP contribution in [0.4, 0.5) is 4.79 Å². The molecule has 7 heteroatoms. The predicted molar refractivity (Wildman–Crippen MR) is 102 cm³/mol. The maximum atomic E-state index is 12.7. The lowest BCUT2D eigenvalue weighted by Crippen LogP contribution is -2.46. The summed E-state index contributed by atoms with van der Waals surface area (Å²) >= 11 is 0. The van der Waals surface area contributed by atoms with Crippen molar-refractivity contribution < 1.29 is 14.3 Å². The number of ether oxygens (including phenoxy) is 1. The monoisotopic (exact) mass is 370 g/mol. The maximum Gasteiger partial charge on any atom is 0.409 e. The van der Waals surface area contributed by atoms with E-state index in [-0.39, 0.29) is 18.0 Å². The minimum Gasteiger partial charge on any atom is -0.450 e. The third-order valence-electron chi connectivity index (χ3n) is 4.95. The smallest absolute Gasteiger partial charge is 0.409 e. The molecule has 2 aromatic rings. The first kappa shape index (κ1) is 18.9. The minimum absolute atomic E-state index is 0.0457. The highest BCUT2D eigenvalue weighted by atomic mass is 16.6. The normalized spacial score (nSPS) is 14.9. The molecule has 0 saturated carbocycles. The van der Waals surface area contributed by atoms with Crippen LogP contribution in [0.2, 0.25) is 0 Å². The summed E-state index contributed by atoms with van der Waals surface area (Å²) in [7, 11) is 0. The average molecular weight is 370 g/mol. The largest absolute Gasteiger partial charge is 0.450 e. The van der Waals surface area contributed by atoms with Crippen molar-refractivity contribution in [2.45, 2.75) is 39.7 Å². The Morgan fingerprint density at radius 1 is 1.22 bits per heavy atom. The molecule has 144 valence electrons. The van der Waals surface area contributed by atoms with E-state index < -0.39 is 0 Å². The number of hydrogen-bond donors (Lipinski definition) is 1. The van der Waals surface area contributed by atoms with Crippen LogP contribution in [0.3, 0.4) is 0 Å². The van der Waals surface area contributed by atoms with Gasteiger partial charge in [0.25, 0.3) is 5.91 Å². The van der Waals surface area contributed by atoms with E-state index in [1.54, 1.807) is 22.7 Å². The van der Waals surface area contributed by atoms with E-state index in [0.29, 0.717) is 25.3 Å². The highest BCUT2D eigenvalue weighted by Crippen LogP contribution is 2.18. The van der Waals surface area contributed by atoms with E-state index in [1.165, 1.54) is 0 Å². The van der Waals surface area contributed by atoms with Gasteiger partial charge in [-0.2, -0.15) is 5.10 Å². The Hall–Kier alpha value is -2.83. The lowest BCUT2D eigenvalue weighted by Gasteiger charge is -2.31. The summed E-state index contributed by atoms with van der Waals surface area (Å²) in [5.41, 5.74) is 3.45. The van der Waals surface area contributed by atoms with Crippen LogP contribution in [0.1, 0.15) is 41.4 Å². The van der Waals surface area contributed by atoms with Crippen molar-refractivity contribution in [1.29, 1.82) is 0 Å². The van der Waals surface area contributed by atoms with Crippen LogP contribution in [0, 0.1) is 13.8 Å². The van der Waals surface area contributed by atoms with Crippen LogP contribution in [0.5, 0.6) is 0 Å². The SMILES string of the molecule is CCOC(=O)N1CCC(NC(=O)c2cnn(-c3ccccc3C)c2C)CC1. The molecular weight excluding hydrogens is 344 g/mol. The van der Waals surface area contributed by atoms with Gasteiger partial charge in [0.2, 0.25) is 0 Å². The Kier molecular flexibility index (Phi) is 5.78. The van der Waals surface area contributed by atoms with E-state index in [4.69, 9.17) is 4.74 Å². The molecule has 3 rings (SSSR count). The summed E-state index contributed by atoms with van der Waals surface area (Å²) in [4.78, 5) is 26.2. The molecule has 1 aromatic heterocycles. The standard InChI is InChI=1S/C20H26N4O3/c1-4-27-20(26)23-11-9-16(10-12-23)22-19(25)17-13-21-24(15(17)3)18-8-6-5-7-14(18)2/h5-8,13,16H,4,9-12H2,1-3H3,(H,22,25). The molecule has 1 aliphatic heterocycles. The van der Waals surface area contributed by atoms with Gasteiger partial charge in [0.1, 0.15) is 0 Å². The summed E-state index contributed by atoms with van der Waals surface area (Å²) in [5, 5.41) is 7.48. The summed E-state index contributed by atoms with van der Waals surface area (Å²) in [6.07, 6.45) is 2.77.